The Bertz CT molecular complexity index is 281. The van der Waals surface area contributed by atoms with Crippen LogP contribution in [0.5, 0.6) is 0 Å². The van der Waals surface area contributed by atoms with Crippen LogP contribution in [0.15, 0.2) is 18.2 Å². The van der Waals surface area contributed by atoms with Crippen molar-refractivity contribution >= 4 is 17.3 Å². The summed E-state index contributed by atoms with van der Waals surface area (Å²) in [7, 11) is 0. The minimum Gasteiger partial charge on any atom is -0.305 e. The molecule has 0 heterocycles. The van der Waals surface area contributed by atoms with Crippen molar-refractivity contribution in [2.24, 2.45) is 0 Å². The fourth-order valence-corrected chi connectivity index (χ4v) is 1.26. The van der Waals surface area contributed by atoms with E-state index in [1.807, 2.05) is 0 Å². The summed E-state index contributed by atoms with van der Waals surface area (Å²) < 4.78 is 0. The van der Waals surface area contributed by atoms with Crippen LogP contribution in [0.25, 0.3) is 0 Å². The van der Waals surface area contributed by atoms with Gasteiger partial charge in [-0.3, -0.25) is 0 Å². The highest BCUT2D eigenvalue weighted by atomic mass is 35.5. The third-order valence-electron chi connectivity index (χ3n) is 1.64. The van der Waals surface area contributed by atoms with Crippen molar-refractivity contribution in [2.75, 3.05) is 0 Å². The summed E-state index contributed by atoms with van der Waals surface area (Å²) in [5, 5.41) is 8.31. The van der Waals surface area contributed by atoms with Crippen LogP contribution in [-0.2, 0) is 0 Å². The van der Waals surface area contributed by atoms with Gasteiger partial charge in [0.1, 0.15) is 0 Å². The normalized spacial score (nSPS) is 9.83. The highest BCUT2D eigenvalue weighted by molar-refractivity contribution is 6.34. The molecule has 0 aliphatic heterocycles. The molecule has 1 rings (SSSR count). The lowest BCUT2D eigenvalue weighted by Crippen LogP contribution is -1.98. The highest BCUT2D eigenvalue weighted by Crippen LogP contribution is 2.16. The van der Waals surface area contributed by atoms with Crippen molar-refractivity contribution in [3.05, 3.63) is 34.9 Å². The smallest absolute Gasteiger partial charge is 0.0496 e. The van der Waals surface area contributed by atoms with E-state index in [0.717, 1.165) is 18.4 Å². The molecule has 1 nitrogen and oxygen atoms in total. The van der Waals surface area contributed by atoms with Gasteiger partial charge in [-0.2, -0.15) is 0 Å². The summed E-state index contributed by atoms with van der Waals surface area (Å²) in [6.45, 7) is 2.05. The molecular formula is C10H11ClN. The van der Waals surface area contributed by atoms with Crippen LogP contribution in [0.3, 0.4) is 0 Å². The Morgan fingerprint density at radius 1 is 1.67 bits per heavy atom. The first kappa shape index (κ1) is 9.27. The summed E-state index contributed by atoms with van der Waals surface area (Å²) in [4.78, 5) is 0. The Labute approximate surface area is 77.9 Å². The minimum absolute atomic E-state index is 0.597. The van der Waals surface area contributed by atoms with Gasteiger partial charge in [0.2, 0.25) is 0 Å². The minimum atomic E-state index is 0.597. The summed E-state index contributed by atoms with van der Waals surface area (Å²) in [6, 6.07) is 8.20. The average Bonchev–Trinajstić information content (AvgIpc) is 2.05. The molecule has 1 aromatic rings. The van der Waals surface area contributed by atoms with Crippen LogP contribution >= 0.6 is 11.6 Å². The average molecular weight is 181 g/mol. The lowest BCUT2D eigenvalue weighted by molar-refractivity contribution is 0.986. The van der Waals surface area contributed by atoms with E-state index in [9.17, 15) is 0 Å². The molecule has 0 saturated heterocycles. The number of benzene rings is 1. The van der Waals surface area contributed by atoms with Crippen molar-refractivity contribution in [3.63, 3.8) is 0 Å². The molecule has 1 N–H and O–H groups in total. The fourth-order valence-electron chi connectivity index (χ4n) is 1.03. The van der Waals surface area contributed by atoms with Crippen LogP contribution in [0.4, 0.5) is 0 Å². The topological polar surface area (TPSA) is 23.9 Å². The van der Waals surface area contributed by atoms with E-state index >= 15 is 0 Å². The maximum atomic E-state index is 7.67. The molecule has 0 unspecified atom stereocenters. The van der Waals surface area contributed by atoms with Crippen LogP contribution in [0, 0.1) is 11.5 Å². The van der Waals surface area contributed by atoms with E-state index in [1.165, 1.54) is 0 Å². The first-order valence-electron chi connectivity index (χ1n) is 3.99. The highest BCUT2D eigenvalue weighted by Gasteiger charge is 2.03. The summed E-state index contributed by atoms with van der Waals surface area (Å²) >= 11 is 5.89. The third kappa shape index (κ3) is 2.08. The number of rotatable bonds is 3. The molecule has 0 aliphatic carbocycles. The van der Waals surface area contributed by atoms with Gasteiger partial charge in [-0.1, -0.05) is 31.0 Å². The van der Waals surface area contributed by atoms with Crippen molar-refractivity contribution in [1.82, 2.24) is 0 Å². The maximum absolute atomic E-state index is 7.67. The molecule has 0 saturated carbocycles. The molecule has 1 radical (unpaired) electrons. The number of hydrogen-bond acceptors (Lipinski definition) is 1. The Morgan fingerprint density at radius 2 is 2.42 bits per heavy atom. The van der Waals surface area contributed by atoms with Crippen LogP contribution in [-0.4, -0.2) is 5.71 Å². The molecule has 12 heavy (non-hydrogen) atoms. The Balaban J connectivity index is 2.87. The van der Waals surface area contributed by atoms with Gasteiger partial charge in [0.25, 0.3) is 0 Å². The van der Waals surface area contributed by atoms with E-state index in [-0.39, 0.29) is 0 Å². The fraction of sp³-hybridized carbons (Fsp3) is 0.300. The van der Waals surface area contributed by atoms with Crippen molar-refractivity contribution in [3.8, 4) is 0 Å². The Kier molecular flexibility index (Phi) is 3.30. The van der Waals surface area contributed by atoms with Crippen LogP contribution in [0.1, 0.15) is 25.3 Å². The Morgan fingerprint density at radius 3 is 3.00 bits per heavy atom. The first-order valence-corrected chi connectivity index (χ1v) is 4.37. The lowest BCUT2D eigenvalue weighted by Gasteiger charge is -2.03. The van der Waals surface area contributed by atoms with Crippen LogP contribution in [0.2, 0.25) is 5.02 Å². The van der Waals surface area contributed by atoms with Gasteiger partial charge < -0.3 is 5.41 Å². The summed E-state index contributed by atoms with van der Waals surface area (Å²) in [5.41, 5.74) is 1.40. The van der Waals surface area contributed by atoms with Gasteiger partial charge >= 0.3 is 0 Å². The second kappa shape index (κ2) is 4.27. The SMILES string of the molecule is CCCC(=N)c1c[c]ccc1Cl. The van der Waals surface area contributed by atoms with Gasteiger partial charge in [-0.15, -0.1) is 0 Å². The van der Waals surface area contributed by atoms with Crippen molar-refractivity contribution in [1.29, 1.82) is 5.41 Å². The summed E-state index contributed by atoms with van der Waals surface area (Å²) in [6.07, 6.45) is 1.75. The largest absolute Gasteiger partial charge is 0.305 e. The maximum Gasteiger partial charge on any atom is 0.0496 e. The lowest BCUT2D eigenvalue weighted by atomic mass is 10.1. The first-order chi connectivity index (χ1) is 5.75. The monoisotopic (exact) mass is 180 g/mol. The summed E-state index contributed by atoms with van der Waals surface area (Å²) in [5.74, 6) is 0. The second-order valence-corrected chi connectivity index (χ2v) is 3.04. The zero-order chi connectivity index (χ0) is 8.97. The molecule has 63 valence electrons. The molecule has 1 aromatic carbocycles. The molecule has 0 aliphatic rings. The number of hydrogen-bond donors (Lipinski definition) is 1. The predicted octanol–water partition coefficient (Wildman–Crippen LogP) is 3.31. The van der Waals surface area contributed by atoms with E-state index in [2.05, 4.69) is 13.0 Å². The molecule has 0 amide bonds. The predicted molar refractivity (Wildman–Crippen MR) is 52.0 cm³/mol. The van der Waals surface area contributed by atoms with E-state index < -0.39 is 0 Å². The molecule has 0 spiro atoms. The van der Waals surface area contributed by atoms with Gasteiger partial charge in [0, 0.05) is 16.3 Å². The second-order valence-electron chi connectivity index (χ2n) is 2.63. The number of halogens is 1. The number of nitrogens with one attached hydrogen (secondary N) is 1. The van der Waals surface area contributed by atoms with Crippen molar-refractivity contribution < 1.29 is 0 Å². The van der Waals surface area contributed by atoms with E-state index in [1.54, 1.807) is 18.2 Å². The third-order valence-corrected chi connectivity index (χ3v) is 1.97. The van der Waals surface area contributed by atoms with Crippen molar-refractivity contribution in [2.45, 2.75) is 19.8 Å². The van der Waals surface area contributed by atoms with E-state index in [4.69, 9.17) is 17.0 Å². The molecule has 0 atom stereocenters. The van der Waals surface area contributed by atoms with Crippen LogP contribution < -0.4 is 0 Å². The quantitative estimate of drug-likeness (QED) is 0.691. The molecule has 0 aromatic heterocycles. The standard InChI is InChI=1S/C10H11ClN/c1-2-5-10(12)8-6-3-4-7-9(8)11/h4,6-7,12H,2,5H2,1H3. The van der Waals surface area contributed by atoms with Gasteiger partial charge in [-0.25, -0.2) is 0 Å². The molecule has 0 fully saturated rings. The zero-order valence-corrected chi connectivity index (χ0v) is 7.78. The van der Waals surface area contributed by atoms with Gasteiger partial charge in [0.05, 0.1) is 0 Å². The van der Waals surface area contributed by atoms with Gasteiger partial charge in [0.15, 0.2) is 0 Å². The molecule has 2 heteroatoms. The molecule has 0 bridgehead atoms. The van der Waals surface area contributed by atoms with E-state index in [0.29, 0.717) is 10.7 Å². The Hall–Kier alpha value is -0.820. The molecular weight excluding hydrogens is 170 g/mol. The zero-order valence-electron chi connectivity index (χ0n) is 7.02. The van der Waals surface area contributed by atoms with Gasteiger partial charge in [-0.05, 0) is 24.6 Å².